The predicted octanol–water partition coefficient (Wildman–Crippen LogP) is 4.04. The Balaban J connectivity index is 1.68. The molecule has 0 radical (unpaired) electrons. The maximum atomic E-state index is 13.1. The highest BCUT2D eigenvalue weighted by Gasteiger charge is 2.50. The van der Waals surface area contributed by atoms with Crippen LogP contribution in [-0.4, -0.2) is 30.3 Å². The van der Waals surface area contributed by atoms with Crippen LogP contribution in [0.15, 0.2) is 29.4 Å². The minimum atomic E-state index is -0.394. The Morgan fingerprint density at radius 2 is 2.04 bits per heavy atom. The number of methoxy groups -OCH3 is 1. The maximum Gasteiger partial charge on any atom is 0.254 e. The van der Waals surface area contributed by atoms with Gasteiger partial charge in [-0.1, -0.05) is 31.4 Å². The summed E-state index contributed by atoms with van der Waals surface area (Å²) in [5, 5.41) is 6.32. The van der Waals surface area contributed by atoms with E-state index in [1.54, 1.807) is 12.1 Å². The molecule has 0 spiro atoms. The summed E-state index contributed by atoms with van der Waals surface area (Å²) in [6.07, 6.45) is 6.88. The van der Waals surface area contributed by atoms with Crippen molar-refractivity contribution < 1.29 is 9.53 Å². The molecule has 0 N–H and O–H groups in total. The summed E-state index contributed by atoms with van der Waals surface area (Å²) in [5.74, 6) is 1.49. The third-order valence-electron chi connectivity index (χ3n) is 5.87. The number of ether oxygens (including phenoxy) is 1. The summed E-state index contributed by atoms with van der Waals surface area (Å²) in [4.78, 5) is 13.1. The normalized spacial score (nSPS) is 25.0. The van der Waals surface area contributed by atoms with Gasteiger partial charge in [0.25, 0.3) is 5.91 Å². The number of carbonyl (C=O) groups is 1. The second kappa shape index (κ2) is 6.96. The van der Waals surface area contributed by atoms with Crippen LogP contribution in [0, 0.1) is 11.3 Å². The SMILES string of the molecule is COc1cccc(CCN2N=C(C)C(C)(C3CCCCC3)C2=O)c1. The molecule has 1 aliphatic carbocycles. The van der Waals surface area contributed by atoms with Crippen molar-refractivity contribution >= 4 is 11.6 Å². The van der Waals surface area contributed by atoms with E-state index in [2.05, 4.69) is 18.1 Å². The standard InChI is InChI=1S/C20H28N2O2/c1-15-20(2,17-9-5-4-6-10-17)19(23)22(21-15)13-12-16-8-7-11-18(14-16)24-3/h7-8,11,14,17H,4-6,9-10,12-13H2,1-3H3. The molecule has 1 saturated carbocycles. The van der Waals surface area contributed by atoms with Crippen molar-refractivity contribution in [2.45, 2.75) is 52.4 Å². The van der Waals surface area contributed by atoms with E-state index in [0.717, 1.165) is 30.7 Å². The van der Waals surface area contributed by atoms with E-state index in [1.165, 1.54) is 24.8 Å². The zero-order valence-corrected chi connectivity index (χ0v) is 15.0. The van der Waals surface area contributed by atoms with E-state index in [1.807, 2.05) is 25.1 Å². The first kappa shape index (κ1) is 17.0. The monoisotopic (exact) mass is 328 g/mol. The molecule has 1 aromatic rings. The number of hydrogen-bond acceptors (Lipinski definition) is 3. The molecule has 1 unspecified atom stereocenters. The minimum Gasteiger partial charge on any atom is -0.497 e. The molecule has 2 aliphatic rings. The van der Waals surface area contributed by atoms with E-state index >= 15 is 0 Å². The van der Waals surface area contributed by atoms with Gasteiger partial charge in [-0.2, -0.15) is 5.10 Å². The Hall–Kier alpha value is -1.84. The summed E-state index contributed by atoms with van der Waals surface area (Å²) in [7, 11) is 1.67. The fourth-order valence-corrected chi connectivity index (χ4v) is 4.12. The summed E-state index contributed by atoms with van der Waals surface area (Å²) >= 11 is 0. The third kappa shape index (κ3) is 3.06. The van der Waals surface area contributed by atoms with Crippen LogP contribution in [0.4, 0.5) is 0 Å². The minimum absolute atomic E-state index is 0.190. The Kier molecular flexibility index (Phi) is 4.93. The van der Waals surface area contributed by atoms with Gasteiger partial charge >= 0.3 is 0 Å². The zero-order chi connectivity index (χ0) is 17.2. The van der Waals surface area contributed by atoms with Crippen LogP contribution in [0.2, 0.25) is 0 Å². The van der Waals surface area contributed by atoms with Gasteiger partial charge < -0.3 is 4.74 Å². The first-order chi connectivity index (χ1) is 11.6. The lowest BCUT2D eigenvalue weighted by Crippen LogP contribution is -2.43. The number of rotatable bonds is 5. The first-order valence-corrected chi connectivity index (χ1v) is 9.06. The molecule has 3 rings (SSSR count). The molecule has 1 fully saturated rings. The molecular formula is C20H28N2O2. The van der Waals surface area contributed by atoms with E-state index in [0.29, 0.717) is 12.5 Å². The molecule has 130 valence electrons. The highest BCUT2D eigenvalue weighted by molar-refractivity contribution is 6.11. The van der Waals surface area contributed by atoms with Gasteiger partial charge in [-0.25, -0.2) is 5.01 Å². The maximum absolute atomic E-state index is 13.1. The number of benzene rings is 1. The molecule has 0 saturated heterocycles. The Morgan fingerprint density at radius 1 is 1.29 bits per heavy atom. The van der Waals surface area contributed by atoms with Gasteiger partial charge in [0.1, 0.15) is 5.75 Å². The number of hydrazone groups is 1. The average Bonchev–Trinajstić information content (AvgIpc) is 2.85. The second-order valence-electron chi connectivity index (χ2n) is 7.25. The van der Waals surface area contributed by atoms with Gasteiger partial charge in [0.2, 0.25) is 0 Å². The van der Waals surface area contributed by atoms with Gasteiger partial charge in [0, 0.05) is 6.54 Å². The summed E-state index contributed by atoms with van der Waals surface area (Å²) < 4.78 is 5.27. The van der Waals surface area contributed by atoms with E-state index < -0.39 is 5.41 Å². The highest BCUT2D eigenvalue weighted by Crippen LogP contribution is 2.43. The zero-order valence-electron chi connectivity index (χ0n) is 15.0. The van der Waals surface area contributed by atoms with Crippen LogP contribution in [0.1, 0.15) is 51.5 Å². The van der Waals surface area contributed by atoms with Crippen LogP contribution in [0.25, 0.3) is 0 Å². The number of amides is 1. The van der Waals surface area contributed by atoms with Gasteiger partial charge in [-0.05, 0) is 56.7 Å². The largest absolute Gasteiger partial charge is 0.497 e. The fourth-order valence-electron chi connectivity index (χ4n) is 4.12. The van der Waals surface area contributed by atoms with Crippen LogP contribution < -0.4 is 4.74 Å². The Labute approximate surface area is 144 Å². The Bertz CT molecular complexity index is 634. The third-order valence-corrected chi connectivity index (χ3v) is 5.87. The van der Waals surface area contributed by atoms with Crippen molar-refractivity contribution in [3.05, 3.63) is 29.8 Å². The molecule has 1 amide bonds. The summed E-state index contributed by atoms with van der Waals surface area (Å²) in [5.41, 5.74) is 1.76. The van der Waals surface area contributed by atoms with Gasteiger partial charge in [-0.3, -0.25) is 4.79 Å². The first-order valence-electron chi connectivity index (χ1n) is 9.06. The van der Waals surface area contributed by atoms with E-state index in [-0.39, 0.29) is 5.91 Å². The van der Waals surface area contributed by atoms with Crippen molar-refractivity contribution in [3.63, 3.8) is 0 Å². The summed E-state index contributed by atoms with van der Waals surface area (Å²) in [6, 6.07) is 8.02. The van der Waals surface area contributed by atoms with Crippen molar-refractivity contribution in [3.8, 4) is 5.75 Å². The number of hydrogen-bond donors (Lipinski definition) is 0. The summed E-state index contributed by atoms with van der Waals surface area (Å²) in [6.45, 7) is 4.76. The smallest absolute Gasteiger partial charge is 0.254 e. The molecule has 4 heteroatoms. The molecular weight excluding hydrogens is 300 g/mol. The van der Waals surface area contributed by atoms with Gasteiger partial charge in [0.05, 0.1) is 18.2 Å². The van der Waals surface area contributed by atoms with Crippen molar-refractivity contribution in [2.24, 2.45) is 16.4 Å². The van der Waals surface area contributed by atoms with Crippen LogP contribution in [-0.2, 0) is 11.2 Å². The topological polar surface area (TPSA) is 41.9 Å². The second-order valence-corrected chi connectivity index (χ2v) is 7.25. The molecule has 1 aromatic carbocycles. The van der Waals surface area contributed by atoms with Gasteiger partial charge in [0.15, 0.2) is 0 Å². The molecule has 0 bridgehead atoms. The highest BCUT2D eigenvalue weighted by atomic mass is 16.5. The number of carbonyl (C=O) groups excluding carboxylic acids is 1. The number of nitrogens with zero attached hydrogens (tertiary/aromatic N) is 2. The van der Waals surface area contributed by atoms with E-state index in [4.69, 9.17) is 4.74 Å². The molecule has 24 heavy (non-hydrogen) atoms. The fraction of sp³-hybridized carbons (Fsp3) is 0.600. The van der Waals surface area contributed by atoms with Crippen LogP contribution in [0.5, 0.6) is 5.75 Å². The van der Waals surface area contributed by atoms with Crippen molar-refractivity contribution in [2.75, 3.05) is 13.7 Å². The average molecular weight is 328 g/mol. The molecule has 1 aliphatic heterocycles. The van der Waals surface area contributed by atoms with E-state index in [9.17, 15) is 4.79 Å². The lowest BCUT2D eigenvalue weighted by atomic mass is 9.67. The predicted molar refractivity (Wildman–Crippen MR) is 96.2 cm³/mol. The van der Waals surface area contributed by atoms with Gasteiger partial charge in [-0.15, -0.1) is 0 Å². The lowest BCUT2D eigenvalue weighted by molar-refractivity contribution is -0.138. The van der Waals surface area contributed by atoms with Crippen LogP contribution in [0.3, 0.4) is 0 Å². The molecule has 1 atom stereocenters. The van der Waals surface area contributed by atoms with Crippen molar-refractivity contribution in [1.82, 2.24) is 5.01 Å². The lowest BCUT2D eigenvalue weighted by Gasteiger charge is -2.35. The van der Waals surface area contributed by atoms with Crippen LogP contribution >= 0.6 is 0 Å². The Morgan fingerprint density at radius 3 is 2.75 bits per heavy atom. The van der Waals surface area contributed by atoms with Crippen molar-refractivity contribution in [1.29, 1.82) is 0 Å². The molecule has 4 nitrogen and oxygen atoms in total. The molecule has 1 heterocycles. The quantitative estimate of drug-likeness (QED) is 0.818. The molecule has 0 aromatic heterocycles.